The molecular weight excluding hydrogens is 182 g/mol. The molecule has 0 bridgehead atoms. The lowest BCUT2D eigenvalue weighted by atomic mass is 10.0. The quantitative estimate of drug-likeness (QED) is 0.496. The molecule has 72 valence electrons. The van der Waals surface area contributed by atoms with Crippen molar-refractivity contribution in [2.24, 2.45) is 0 Å². The normalized spacial score (nSPS) is 11.0. The van der Waals surface area contributed by atoms with Crippen LogP contribution < -0.4 is 0 Å². The number of aromatic nitrogens is 1. The molecule has 15 heavy (non-hydrogen) atoms. The van der Waals surface area contributed by atoms with Crippen LogP contribution in [-0.2, 0) is 0 Å². The zero-order chi connectivity index (χ0) is 10.3. The predicted molar refractivity (Wildman–Crippen MR) is 64.0 cm³/mol. The van der Waals surface area contributed by atoms with E-state index >= 15 is 0 Å². The first-order valence-corrected chi connectivity index (χ1v) is 5.09. The van der Waals surface area contributed by atoms with Crippen LogP contribution in [0.2, 0.25) is 0 Å². The third-order valence-corrected chi connectivity index (χ3v) is 2.82. The van der Waals surface area contributed by atoms with Gasteiger partial charge in [0.25, 0.3) is 0 Å². The van der Waals surface area contributed by atoms with Gasteiger partial charge in [0, 0.05) is 17.0 Å². The summed E-state index contributed by atoms with van der Waals surface area (Å²) in [5, 5.41) is 3.75. The maximum atomic E-state index is 4.47. The molecule has 0 unspecified atom stereocenters. The van der Waals surface area contributed by atoms with Crippen molar-refractivity contribution in [3.63, 3.8) is 0 Å². The van der Waals surface area contributed by atoms with Crippen LogP contribution in [0.4, 0.5) is 0 Å². The van der Waals surface area contributed by atoms with E-state index in [2.05, 4.69) is 48.3 Å². The molecule has 3 rings (SSSR count). The van der Waals surface area contributed by atoms with Crippen molar-refractivity contribution in [2.45, 2.75) is 6.92 Å². The minimum Gasteiger partial charge on any atom is -0.256 e. The molecule has 0 N–H and O–H groups in total. The van der Waals surface area contributed by atoms with Crippen LogP contribution >= 0.6 is 0 Å². The van der Waals surface area contributed by atoms with E-state index in [1.54, 1.807) is 0 Å². The zero-order valence-corrected chi connectivity index (χ0v) is 8.57. The summed E-state index contributed by atoms with van der Waals surface area (Å²) < 4.78 is 0. The Morgan fingerprint density at radius 1 is 0.867 bits per heavy atom. The number of fused-ring (bicyclic) bond motifs is 3. The first kappa shape index (κ1) is 8.42. The summed E-state index contributed by atoms with van der Waals surface area (Å²) in [6, 6.07) is 14.7. The summed E-state index contributed by atoms with van der Waals surface area (Å²) in [5.41, 5.74) is 2.39. The molecule has 0 aliphatic carbocycles. The van der Waals surface area contributed by atoms with E-state index < -0.39 is 0 Å². The van der Waals surface area contributed by atoms with Crippen molar-refractivity contribution in [1.29, 1.82) is 0 Å². The molecule has 0 amide bonds. The number of pyridine rings is 1. The van der Waals surface area contributed by atoms with Crippen LogP contribution in [0.25, 0.3) is 21.7 Å². The van der Waals surface area contributed by atoms with Crippen molar-refractivity contribution >= 4 is 21.7 Å². The molecule has 1 heterocycles. The van der Waals surface area contributed by atoms with Gasteiger partial charge in [-0.05, 0) is 23.9 Å². The lowest BCUT2D eigenvalue weighted by molar-refractivity contribution is 1.42. The Labute approximate surface area is 88.4 Å². The molecule has 0 saturated heterocycles. The summed E-state index contributed by atoms with van der Waals surface area (Å²) >= 11 is 0. The van der Waals surface area contributed by atoms with E-state index in [-0.39, 0.29) is 0 Å². The Hall–Kier alpha value is -1.89. The van der Waals surface area contributed by atoms with Crippen LogP contribution in [0.5, 0.6) is 0 Å². The minimum absolute atomic E-state index is 1.10. The lowest BCUT2D eigenvalue weighted by Crippen LogP contribution is -1.83. The average Bonchev–Trinajstić information content (AvgIpc) is 2.29. The zero-order valence-electron chi connectivity index (χ0n) is 8.57. The van der Waals surface area contributed by atoms with Gasteiger partial charge >= 0.3 is 0 Å². The molecular formula is C14H11N. The summed E-state index contributed by atoms with van der Waals surface area (Å²) in [6.07, 6.45) is 1.86. The highest BCUT2D eigenvalue weighted by atomic mass is 14.6. The summed E-state index contributed by atoms with van der Waals surface area (Å²) in [7, 11) is 0. The van der Waals surface area contributed by atoms with Gasteiger partial charge in [-0.15, -0.1) is 0 Å². The van der Waals surface area contributed by atoms with Gasteiger partial charge in [0.2, 0.25) is 0 Å². The molecule has 0 radical (unpaired) electrons. The van der Waals surface area contributed by atoms with Gasteiger partial charge in [-0.3, -0.25) is 4.98 Å². The van der Waals surface area contributed by atoms with Gasteiger partial charge in [-0.25, -0.2) is 0 Å². The number of nitrogens with zero attached hydrogens (tertiary/aromatic N) is 1. The standard InChI is InChI=1S/C14H11N/c1-10-4-2-5-11-7-8-12-6-3-9-15-14(12)13(10)11/h2-9H,1H3. The molecule has 0 aliphatic rings. The van der Waals surface area contributed by atoms with Crippen molar-refractivity contribution in [2.75, 3.05) is 0 Å². The molecule has 0 fully saturated rings. The maximum Gasteiger partial charge on any atom is 0.0782 e. The van der Waals surface area contributed by atoms with E-state index in [0.717, 1.165) is 5.52 Å². The van der Waals surface area contributed by atoms with E-state index in [1.165, 1.54) is 21.7 Å². The Kier molecular flexibility index (Phi) is 1.72. The Bertz CT molecular complexity index is 641. The summed E-state index contributed by atoms with van der Waals surface area (Å²) in [5.74, 6) is 0. The van der Waals surface area contributed by atoms with E-state index in [0.29, 0.717) is 0 Å². The topological polar surface area (TPSA) is 12.9 Å². The molecule has 2 aromatic carbocycles. The third kappa shape index (κ3) is 1.20. The van der Waals surface area contributed by atoms with Gasteiger partial charge in [-0.1, -0.05) is 36.4 Å². The van der Waals surface area contributed by atoms with Gasteiger partial charge in [0.15, 0.2) is 0 Å². The number of hydrogen-bond acceptors (Lipinski definition) is 1. The van der Waals surface area contributed by atoms with Gasteiger partial charge in [-0.2, -0.15) is 0 Å². The van der Waals surface area contributed by atoms with Gasteiger partial charge in [0.05, 0.1) is 5.52 Å². The monoisotopic (exact) mass is 193 g/mol. The third-order valence-electron chi connectivity index (χ3n) is 2.82. The number of rotatable bonds is 0. The number of benzene rings is 2. The Balaban J connectivity index is 2.64. The molecule has 1 nitrogen and oxygen atoms in total. The van der Waals surface area contributed by atoms with Crippen molar-refractivity contribution in [1.82, 2.24) is 4.98 Å². The molecule has 0 atom stereocenters. The SMILES string of the molecule is Cc1cccc2ccc3cccnc3c12. The second-order valence-corrected chi connectivity index (χ2v) is 3.81. The molecule has 1 heteroatoms. The second kappa shape index (κ2) is 3.06. The highest BCUT2D eigenvalue weighted by Crippen LogP contribution is 2.25. The maximum absolute atomic E-state index is 4.47. The molecule has 0 aliphatic heterocycles. The lowest BCUT2D eigenvalue weighted by Gasteiger charge is -2.05. The fourth-order valence-corrected chi connectivity index (χ4v) is 2.09. The van der Waals surface area contributed by atoms with Crippen LogP contribution in [0, 0.1) is 6.92 Å². The van der Waals surface area contributed by atoms with Crippen molar-refractivity contribution in [3.8, 4) is 0 Å². The van der Waals surface area contributed by atoms with Crippen LogP contribution in [0.3, 0.4) is 0 Å². The average molecular weight is 193 g/mol. The van der Waals surface area contributed by atoms with E-state index in [9.17, 15) is 0 Å². The van der Waals surface area contributed by atoms with Crippen molar-refractivity contribution in [3.05, 3.63) is 54.2 Å². The van der Waals surface area contributed by atoms with E-state index in [4.69, 9.17) is 0 Å². The Morgan fingerprint density at radius 3 is 2.60 bits per heavy atom. The second-order valence-electron chi connectivity index (χ2n) is 3.81. The highest BCUT2D eigenvalue weighted by Gasteiger charge is 2.02. The van der Waals surface area contributed by atoms with E-state index in [1.807, 2.05) is 12.3 Å². The first-order chi connectivity index (χ1) is 7.36. The van der Waals surface area contributed by atoms with Gasteiger partial charge in [0.1, 0.15) is 0 Å². The smallest absolute Gasteiger partial charge is 0.0782 e. The Morgan fingerprint density at radius 2 is 1.67 bits per heavy atom. The molecule has 0 spiro atoms. The largest absolute Gasteiger partial charge is 0.256 e. The number of aryl methyl sites for hydroxylation is 1. The van der Waals surface area contributed by atoms with Crippen LogP contribution in [-0.4, -0.2) is 4.98 Å². The van der Waals surface area contributed by atoms with Crippen LogP contribution in [0.15, 0.2) is 48.7 Å². The summed E-state index contributed by atoms with van der Waals surface area (Å²) in [6.45, 7) is 2.14. The number of hydrogen-bond donors (Lipinski definition) is 0. The van der Waals surface area contributed by atoms with Crippen molar-refractivity contribution < 1.29 is 0 Å². The van der Waals surface area contributed by atoms with Gasteiger partial charge < -0.3 is 0 Å². The molecule has 1 aromatic heterocycles. The first-order valence-electron chi connectivity index (χ1n) is 5.09. The highest BCUT2D eigenvalue weighted by molar-refractivity contribution is 6.06. The van der Waals surface area contributed by atoms with Crippen LogP contribution in [0.1, 0.15) is 5.56 Å². The fourth-order valence-electron chi connectivity index (χ4n) is 2.09. The fraction of sp³-hybridized carbons (Fsp3) is 0.0714. The minimum atomic E-state index is 1.10. The molecule has 0 saturated carbocycles. The predicted octanol–water partition coefficient (Wildman–Crippen LogP) is 3.70. The summed E-state index contributed by atoms with van der Waals surface area (Å²) in [4.78, 5) is 4.47. The molecule has 3 aromatic rings.